The van der Waals surface area contributed by atoms with E-state index in [9.17, 15) is 9.59 Å². The molecule has 0 aliphatic carbocycles. The Bertz CT molecular complexity index is 488. The number of esters is 1. The Kier molecular flexibility index (Phi) is 6.51. The van der Waals surface area contributed by atoms with Crippen molar-refractivity contribution in [2.75, 3.05) is 13.7 Å². The standard InChI is InChI=1S/C14H18BrNO4/c1-9(2)20-12-8-10(15)4-5-11(12)14(18)16-7-6-13(17)19-3/h4-5,8-9H,6-7H2,1-3H3,(H,16,18). The van der Waals surface area contributed by atoms with Gasteiger partial charge in [0, 0.05) is 11.0 Å². The van der Waals surface area contributed by atoms with Crippen LogP contribution in [0, 0.1) is 0 Å². The van der Waals surface area contributed by atoms with Crippen molar-refractivity contribution in [2.45, 2.75) is 26.4 Å². The average Bonchev–Trinajstić information content (AvgIpc) is 2.37. The zero-order valence-corrected chi connectivity index (χ0v) is 13.3. The van der Waals surface area contributed by atoms with Gasteiger partial charge < -0.3 is 14.8 Å². The van der Waals surface area contributed by atoms with Crippen molar-refractivity contribution in [3.63, 3.8) is 0 Å². The van der Waals surface area contributed by atoms with Crippen LogP contribution in [-0.4, -0.2) is 31.6 Å². The first kappa shape index (κ1) is 16.5. The number of benzene rings is 1. The summed E-state index contributed by atoms with van der Waals surface area (Å²) in [4.78, 5) is 23.1. The van der Waals surface area contributed by atoms with Gasteiger partial charge in [-0.05, 0) is 32.0 Å². The molecule has 0 aliphatic heterocycles. The van der Waals surface area contributed by atoms with Gasteiger partial charge in [-0.1, -0.05) is 15.9 Å². The van der Waals surface area contributed by atoms with Crippen LogP contribution >= 0.6 is 15.9 Å². The summed E-state index contributed by atoms with van der Waals surface area (Å²) in [5.74, 6) is -0.137. The number of hydrogen-bond acceptors (Lipinski definition) is 4. The predicted octanol–water partition coefficient (Wildman–Crippen LogP) is 2.53. The van der Waals surface area contributed by atoms with Gasteiger partial charge in [-0.15, -0.1) is 0 Å². The Morgan fingerprint density at radius 3 is 2.65 bits per heavy atom. The van der Waals surface area contributed by atoms with Crippen molar-refractivity contribution in [2.24, 2.45) is 0 Å². The molecule has 1 rings (SSSR count). The van der Waals surface area contributed by atoms with Crippen LogP contribution < -0.4 is 10.1 Å². The van der Waals surface area contributed by atoms with Gasteiger partial charge in [0.1, 0.15) is 5.75 Å². The largest absolute Gasteiger partial charge is 0.490 e. The molecule has 0 heterocycles. The Labute approximate surface area is 126 Å². The fourth-order valence-electron chi connectivity index (χ4n) is 1.51. The van der Waals surface area contributed by atoms with Crippen molar-refractivity contribution in [3.05, 3.63) is 28.2 Å². The number of nitrogens with one attached hydrogen (secondary N) is 1. The molecule has 0 saturated carbocycles. The SMILES string of the molecule is COC(=O)CCNC(=O)c1ccc(Br)cc1OC(C)C. The minimum absolute atomic E-state index is 0.0362. The molecule has 0 radical (unpaired) electrons. The number of carbonyl (C=O) groups excluding carboxylic acids is 2. The van der Waals surface area contributed by atoms with Gasteiger partial charge in [-0.2, -0.15) is 0 Å². The molecule has 0 fully saturated rings. The van der Waals surface area contributed by atoms with Gasteiger partial charge in [0.2, 0.25) is 0 Å². The maximum absolute atomic E-state index is 12.1. The van der Waals surface area contributed by atoms with E-state index in [2.05, 4.69) is 26.0 Å². The first-order valence-corrected chi connectivity index (χ1v) is 7.04. The first-order chi connectivity index (χ1) is 9.43. The highest BCUT2D eigenvalue weighted by Crippen LogP contribution is 2.24. The molecule has 1 aromatic rings. The van der Waals surface area contributed by atoms with Gasteiger partial charge in [-0.25, -0.2) is 0 Å². The van der Waals surface area contributed by atoms with E-state index in [1.165, 1.54) is 7.11 Å². The molecule has 1 amide bonds. The molecule has 0 aromatic heterocycles. The Hall–Kier alpha value is -1.56. The summed E-state index contributed by atoms with van der Waals surface area (Å²) in [6.07, 6.45) is 0.102. The van der Waals surface area contributed by atoms with E-state index in [0.29, 0.717) is 11.3 Å². The minimum atomic E-state index is -0.361. The number of halogens is 1. The highest BCUT2D eigenvalue weighted by Gasteiger charge is 2.14. The highest BCUT2D eigenvalue weighted by atomic mass is 79.9. The summed E-state index contributed by atoms with van der Waals surface area (Å²) in [7, 11) is 1.31. The van der Waals surface area contributed by atoms with Crippen LogP contribution in [0.5, 0.6) is 5.75 Å². The lowest BCUT2D eigenvalue weighted by Gasteiger charge is -2.14. The zero-order chi connectivity index (χ0) is 15.1. The molecular weight excluding hydrogens is 326 g/mol. The number of amides is 1. The average molecular weight is 344 g/mol. The van der Waals surface area contributed by atoms with Gasteiger partial charge in [0.15, 0.2) is 0 Å². The van der Waals surface area contributed by atoms with E-state index >= 15 is 0 Å². The number of ether oxygens (including phenoxy) is 2. The molecule has 20 heavy (non-hydrogen) atoms. The molecule has 1 aromatic carbocycles. The summed E-state index contributed by atoms with van der Waals surface area (Å²) in [5.41, 5.74) is 0.437. The molecule has 0 atom stereocenters. The lowest BCUT2D eigenvalue weighted by Crippen LogP contribution is -2.27. The third kappa shape index (κ3) is 5.21. The van der Waals surface area contributed by atoms with E-state index in [-0.39, 0.29) is 30.9 Å². The van der Waals surface area contributed by atoms with Gasteiger partial charge in [0.25, 0.3) is 5.91 Å². The van der Waals surface area contributed by atoms with Gasteiger partial charge in [-0.3, -0.25) is 9.59 Å². The van der Waals surface area contributed by atoms with Crippen LogP contribution in [0.1, 0.15) is 30.6 Å². The van der Waals surface area contributed by atoms with E-state index in [1.807, 2.05) is 13.8 Å². The molecule has 0 saturated heterocycles. The second-order valence-electron chi connectivity index (χ2n) is 4.39. The lowest BCUT2D eigenvalue weighted by molar-refractivity contribution is -0.140. The maximum Gasteiger partial charge on any atom is 0.307 e. The molecule has 5 nitrogen and oxygen atoms in total. The molecular formula is C14H18BrNO4. The van der Waals surface area contributed by atoms with E-state index in [1.54, 1.807) is 18.2 Å². The van der Waals surface area contributed by atoms with Crippen LogP contribution in [-0.2, 0) is 9.53 Å². The summed E-state index contributed by atoms with van der Waals surface area (Å²) in [6, 6.07) is 5.19. The Morgan fingerprint density at radius 1 is 1.35 bits per heavy atom. The normalized spacial score (nSPS) is 10.2. The van der Waals surface area contributed by atoms with E-state index < -0.39 is 0 Å². The Balaban J connectivity index is 2.73. The number of rotatable bonds is 6. The second kappa shape index (κ2) is 7.89. The molecule has 1 N–H and O–H groups in total. The van der Waals surface area contributed by atoms with Crippen molar-refractivity contribution in [3.8, 4) is 5.75 Å². The van der Waals surface area contributed by atoms with Crippen molar-refractivity contribution in [1.82, 2.24) is 5.32 Å². The zero-order valence-electron chi connectivity index (χ0n) is 11.7. The number of carbonyl (C=O) groups is 2. The lowest BCUT2D eigenvalue weighted by atomic mass is 10.2. The molecule has 0 bridgehead atoms. The summed E-state index contributed by atoms with van der Waals surface area (Å²) < 4.78 is 11.0. The van der Waals surface area contributed by atoms with Crippen LogP contribution in [0.3, 0.4) is 0 Å². The van der Waals surface area contributed by atoms with Crippen molar-refractivity contribution >= 4 is 27.8 Å². The first-order valence-electron chi connectivity index (χ1n) is 6.25. The maximum atomic E-state index is 12.1. The third-order valence-electron chi connectivity index (χ3n) is 2.39. The molecule has 0 unspecified atom stereocenters. The van der Waals surface area contributed by atoms with E-state index in [4.69, 9.17) is 4.74 Å². The van der Waals surface area contributed by atoms with Crippen LogP contribution in [0.15, 0.2) is 22.7 Å². The smallest absolute Gasteiger partial charge is 0.307 e. The topological polar surface area (TPSA) is 64.6 Å². The van der Waals surface area contributed by atoms with Gasteiger partial charge in [0.05, 0.1) is 25.2 Å². The van der Waals surface area contributed by atoms with E-state index in [0.717, 1.165) is 4.47 Å². The van der Waals surface area contributed by atoms with Crippen molar-refractivity contribution in [1.29, 1.82) is 0 Å². The summed E-state index contributed by atoms with van der Waals surface area (Å²) >= 11 is 3.34. The third-order valence-corrected chi connectivity index (χ3v) is 2.89. The molecule has 0 aliphatic rings. The molecule has 110 valence electrons. The summed E-state index contributed by atoms with van der Waals surface area (Å²) in [6.45, 7) is 4.00. The fraction of sp³-hybridized carbons (Fsp3) is 0.429. The minimum Gasteiger partial charge on any atom is -0.490 e. The quantitative estimate of drug-likeness (QED) is 0.806. The Morgan fingerprint density at radius 2 is 2.05 bits per heavy atom. The van der Waals surface area contributed by atoms with Crippen LogP contribution in [0.2, 0.25) is 0 Å². The van der Waals surface area contributed by atoms with Crippen molar-refractivity contribution < 1.29 is 19.1 Å². The molecule has 0 spiro atoms. The van der Waals surface area contributed by atoms with Gasteiger partial charge >= 0.3 is 5.97 Å². The second-order valence-corrected chi connectivity index (χ2v) is 5.30. The predicted molar refractivity (Wildman–Crippen MR) is 78.9 cm³/mol. The van der Waals surface area contributed by atoms with Crippen LogP contribution in [0.4, 0.5) is 0 Å². The monoisotopic (exact) mass is 343 g/mol. The fourth-order valence-corrected chi connectivity index (χ4v) is 1.85. The highest BCUT2D eigenvalue weighted by molar-refractivity contribution is 9.10. The van der Waals surface area contributed by atoms with Crippen LogP contribution in [0.25, 0.3) is 0 Å². The number of hydrogen-bond donors (Lipinski definition) is 1. The summed E-state index contributed by atoms with van der Waals surface area (Å²) in [5, 5.41) is 2.66. The number of methoxy groups -OCH3 is 1. The molecule has 6 heteroatoms.